The summed E-state index contributed by atoms with van der Waals surface area (Å²) in [7, 11) is 0. The zero-order chi connectivity index (χ0) is 22.8. The molecule has 6 nitrogen and oxygen atoms in total. The van der Waals surface area contributed by atoms with Gasteiger partial charge in [0, 0.05) is 17.5 Å². The summed E-state index contributed by atoms with van der Waals surface area (Å²) in [5.74, 6) is -0.473. The lowest BCUT2D eigenvalue weighted by Crippen LogP contribution is -2.40. The van der Waals surface area contributed by atoms with Gasteiger partial charge in [0.25, 0.3) is 5.91 Å². The maximum atomic E-state index is 12.8. The first-order valence-corrected chi connectivity index (χ1v) is 10.9. The number of likely N-dealkylation sites (tertiary alicyclic amines) is 1. The van der Waals surface area contributed by atoms with Crippen molar-refractivity contribution in [1.82, 2.24) is 4.90 Å². The van der Waals surface area contributed by atoms with Crippen LogP contribution in [-0.2, 0) is 11.4 Å². The van der Waals surface area contributed by atoms with E-state index < -0.39 is 12.0 Å². The first-order chi connectivity index (χ1) is 16.1. The predicted octanol–water partition coefficient (Wildman–Crippen LogP) is 5.37. The smallest absolute Gasteiger partial charge is 0.326 e. The Labute approximate surface area is 191 Å². The van der Waals surface area contributed by atoms with Crippen molar-refractivity contribution in [2.45, 2.75) is 25.5 Å². The molecule has 0 saturated carbocycles. The number of hydrogen-bond donors (Lipinski definition) is 1. The predicted molar refractivity (Wildman–Crippen MR) is 124 cm³/mol. The van der Waals surface area contributed by atoms with Crippen LogP contribution in [0.5, 0.6) is 5.75 Å². The average molecular weight is 441 g/mol. The van der Waals surface area contributed by atoms with E-state index in [1.165, 1.54) is 4.90 Å². The molecule has 5 rings (SSSR count). The van der Waals surface area contributed by atoms with Gasteiger partial charge in [0.15, 0.2) is 0 Å². The number of carboxylic acids is 1. The number of furan rings is 1. The molecule has 33 heavy (non-hydrogen) atoms. The fourth-order valence-corrected chi connectivity index (χ4v) is 4.28. The Balaban J connectivity index is 1.25. The Morgan fingerprint density at radius 3 is 2.64 bits per heavy atom. The van der Waals surface area contributed by atoms with Gasteiger partial charge >= 0.3 is 5.97 Å². The van der Waals surface area contributed by atoms with Gasteiger partial charge in [-0.3, -0.25) is 4.79 Å². The van der Waals surface area contributed by atoms with Gasteiger partial charge in [0.1, 0.15) is 24.0 Å². The molecule has 1 fully saturated rings. The molecule has 1 aliphatic heterocycles. The summed E-state index contributed by atoms with van der Waals surface area (Å²) in [5, 5.41) is 10.4. The van der Waals surface area contributed by atoms with E-state index in [2.05, 4.69) is 6.07 Å². The fourth-order valence-electron chi connectivity index (χ4n) is 4.28. The Morgan fingerprint density at radius 2 is 1.82 bits per heavy atom. The van der Waals surface area contributed by atoms with Gasteiger partial charge in [-0.1, -0.05) is 30.3 Å². The largest absolute Gasteiger partial charge is 0.489 e. The molecule has 0 aliphatic carbocycles. The molecular formula is C27H23NO5. The molecule has 166 valence electrons. The Kier molecular flexibility index (Phi) is 5.57. The van der Waals surface area contributed by atoms with E-state index in [4.69, 9.17) is 9.15 Å². The van der Waals surface area contributed by atoms with E-state index in [0.29, 0.717) is 31.6 Å². The van der Waals surface area contributed by atoms with Gasteiger partial charge in [0.05, 0.1) is 6.26 Å². The van der Waals surface area contributed by atoms with E-state index in [-0.39, 0.29) is 5.91 Å². The van der Waals surface area contributed by atoms with Gasteiger partial charge in [-0.25, -0.2) is 4.79 Å². The summed E-state index contributed by atoms with van der Waals surface area (Å²) in [5.41, 5.74) is 4.37. The molecule has 4 aromatic rings. The fraction of sp³-hybridized carbons (Fsp3) is 0.185. The van der Waals surface area contributed by atoms with Crippen LogP contribution >= 0.6 is 0 Å². The minimum atomic E-state index is -0.950. The molecule has 0 spiro atoms. The number of amides is 1. The highest BCUT2D eigenvalue weighted by Gasteiger charge is 2.34. The van der Waals surface area contributed by atoms with Crippen LogP contribution in [0.15, 0.2) is 83.5 Å². The number of ether oxygens (including phenoxy) is 1. The normalized spacial score (nSPS) is 15.6. The number of hydrogen-bond acceptors (Lipinski definition) is 4. The summed E-state index contributed by atoms with van der Waals surface area (Å²) >= 11 is 0. The standard InChI is InChI=1S/C27H23NO5/c29-26(28-13-2-5-24(28)27(30)31)22-4-1-3-18(15-22)17-33-23-9-6-19(7-10-23)20-8-11-25-21(16-20)12-14-32-25/h1,3-4,6-12,14-16,24H,2,5,13,17H2,(H,30,31)/t24-/m0/s1. The molecule has 1 atom stereocenters. The molecule has 0 bridgehead atoms. The van der Waals surface area contributed by atoms with Gasteiger partial charge in [0.2, 0.25) is 0 Å². The number of benzene rings is 3. The van der Waals surface area contributed by atoms with Crippen molar-refractivity contribution in [3.63, 3.8) is 0 Å². The summed E-state index contributed by atoms with van der Waals surface area (Å²) < 4.78 is 11.3. The molecule has 1 aliphatic rings. The average Bonchev–Trinajstić information content (AvgIpc) is 3.52. The first kappa shape index (κ1) is 20.8. The van der Waals surface area contributed by atoms with Crippen molar-refractivity contribution in [3.8, 4) is 16.9 Å². The number of fused-ring (bicyclic) bond motifs is 1. The van der Waals surface area contributed by atoms with Gasteiger partial charge < -0.3 is 19.2 Å². The molecule has 3 aromatic carbocycles. The lowest BCUT2D eigenvalue weighted by atomic mass is 10.0. The number of carbonyl (C=O) groups is 2. The Morgan fingerprint density at radius 1 is 1.00 bits per heavy atom. The minimum Gasteiger partial charge on any atom is -0.489 e. The molecule has 6 heteroatoms. The third-order valence-electron chi connectivity index (χ3n) is 6.02. The number of carboxylic acid groups (broad SMARTS) is 1. The lowest BCUT2D eigenvalue weighted by Gasteiger charge is -2.21. The molecule has 0 radical (unpaired) electrons. The van der Waals surface area contributed by atoms with Gasteiger partial charge in [-0.05, 0) is 72.0 Å². The number of aliphatic carboxylic acids is 1. The van der Waals surface area contributed by atoms with Crippen LogP contribution in [0, 0.1) is 0 Å². The first-order valence-electron chi connectivity index (χ1n) is 10.9. The van der Waals surface area contributed by atoms with Crippen molar-refractivity contribution >= 4 is 22.8 Å². The van der Waals surface area contributed by atoms with Crippen LogP contribution in [0.2, 0.25) is 0 Å². The van der Waals surface area contributed by atoms with Gasteiger partial charge in [-0.2, -0.15) is 0 Å². The van der Waals surface area contributed by atoms with E-state index in [1.807, 2.05) is 48.5 Å². The van der Waals surface area contributed by atoms with Crippen molar-refractivity contribution in [2.24, 2.45) is 0 Å². The van der Waals surface area contributed by atoms with Crippen molar-refractivity contribution in [1.29, 1.82) is 0 Å². The summed E-state index contributed by atoms with van der Waals surface area (Å²) in [4.78, 5) is 25.7. The van der Waals surface area contributed by atoms with Crippen LogP contribution < -0.4 is 4.74 Å². The molecular weight excluding hydrogens is 418 g/mol. The van der Waals surface area contributed by atoms with Gasteiger partial charge in [-0.15, -0.1) is 0 Å². The molecule has 2 heterocycles. The maximum absolute atomic E-state index is 12.8. The van der Waals surface area contributed by atoms with E-state index >= 15 is 0 Å². The minimum absolute atomic E-state index is 0.249. The van der Waals surface area contributed by atoms with Crippen molar-refractivity contribution in [3.05, 3.63) is 90.2 Å². The lowest BCUT2D eigenvalue weighted by molar-refractivity contribution is -0.141. The SMILES string of the molecule is O=C(O)[C@@H]1CCCN1C(=O)c1cccc(COc2ccc(-c3ccc4occc4c3)cc2)c1. The summed E-state index contributed by atoms with van der Waals surface area (Å²) in [6, 6.07) is 22.3. The van der Waals surface area contributed by atoms with E-state index in [0.717, 1.165) is 33.4 Å². The summed E-state index contributed by atoms with van der Waals surface area (Å²) in [6.07, 6.45) is 2.89. The van der Waals surface area contributed by atoms with Crippen molar-refractivity contribution in [2.75, 3.05) is 6.54 Å². The second-order valence-electron chi connectivity index (χ2n) is 8.18. The second kappa shape index (κ2) is 8.82. The highest BCUT2D eigenvalue weighted by Crippen LogP contribution is 2.27. The second-order valence-corrected chi connectivity index (χ2v) is 8.18. The molecule has 1 aromatic heterocycles. The maximum Gasteiger partial charge on any atom is 0.326 e. The zero-order valence-corrected chi connectivity index (χ0v) is 17.9. The molecule has 1 amide bonds. The third kappa shape index (κ3) is 4.32. The third-order valence-corrected chi connectivity index (χ3v) is 6.02. The van der Waals surface area contributed by atoms with E-state index in [9.17, 15) is 14.7 Å². The zero-order valence-electron chi connectivity index (χ0n) is 17.9. The highest BCUT2D eigenvalue weighted by atomic mass is 16.5. The molecule has 1 saturated heterocycles. The Hall–Kier alpha value is -4.06. The molecule has 0 unspecified atom stereocenters. The Bertz CT molecular complexity index is 1310. The molecule has 1 N–H and O–H groups in total. The van der Waals surface area contributed by atoms with Crippen molar-refractivity contribution < 1.29 is 23.8 Å². The number of nitrogens with zero attached hydrogens (tertiary/aromatic N) is 1. The quantitative estimate of drug-likeness (QED) is 0.435. The highest BCUT2D eigenvalue weighted by molar-refractivity contribution is 5.97. The van der Waals surface area contributed by atoms with Crippen LogP contribution in [0.25, 0.3) is 22.1 Å². The topological polar surface area (TPSA) is 80.0 Å². The summed E-state index contributed by atoms with van der Waals surface area (Å²) in [6.45, 7) is 0.778. The number of rotatable bonds is 6. The van der Waals surface area contributed by atoms with Crippen LogP contribution in [-0.4, -0.2) is 34.5 Å². The van der Waals surface area contributed by atoms with E-state index in [1.54, 1.807) is 24.5 Å². The van der Waals surface area contributed by atoms with Crippen LogP contribution in [0.3, 0.4) is 0 Å². The van der Waals surface area contributed by atoms with Crippen LogP contribution in [0.4, 0.5) is 0 Å². The monoisotopic (exact) mass is 441 g/mol. The van der Waals surface area contributed by atoms with Crippen LogP contribution in [0.1, 0.15) is 28.8 Å². The number of carbonyl (C=O) groups excluding carboxylic acids is 1.